The SMILES string of the molecule is CC/C=C\C/C=C\C/C=C\C/C=C\C/C=C\C/C=C\C/C=C\C/C=C\C/C=C\CCCCCC(=O)OC(COC(=O)CCCCCCC/C=C\CCCCCCCC)COP(=O)(O)OCC[N+](C)(C)C. The minimum absolute atomic E-state index is 0.0169. The minimum Gasteiger partial charge on any atom is -0.462 e. The fraction of sp³-hybridized carbons (Fsp3) is 0.633. The Kier molecular flexibility index (Phi) is 47.8. The number of esters is 2. The molecule has 0 aromatic heterocycles. The topological polar surface area (TPSA) is 108 Å². The van der Waals surface area contributed by atoms with E-state index in [1.54, 1.807) is 0 Å². The number of ether oxygens (including phenoxy) is 2. The molecule has 2 atom stereocenters. The van der Waals surface area contributed by atoms with Gasteiger partial charge >= 0.3 is 19.8 Å². The van der Waals surface area contributed by atoms with Crippen LogP contribution in [0.3, 0.4) is 0 Å². The number of likely N-dealkylation sites (N-methyl/N-ethyl adjacent to an activating group) is 1. The maximum absolute atomic E-state index is 12.8. The van der Waals surface area contributed by atoms with Gasteiger partial charge in [-0.2, -0.15) is 0 Å². The van der Waals surface area contributed by atoms with E-state index in [-0.39, 0.29) is 26.1 Å². The summed E-state index contributed by atoms with van der Waals surface area (Å²) in [5.41, 5.74) is 0. The van der Waals surface area contributed by atoms with E-state index in [2.05, 4.69) is 135 Å². The summed E-state index contributed by atoms with van der Waals surface area (Å²) >= 11 is 0. The number of hydrogen-bond donors (Lipinski definition) is 1. The number of unbranched alkanes of at least 4 members (excludes halogenated alkanes) is 14. The quantitative estimate of drug-likeness (QED) is 0.0211. The Morgan fingerprint density at radius 2 is 0.814 bits per heavy atom. The molecule has 0 aliphatic heterocycles. The van der Waals surface area contributed by atoms with E-state index in [0.29, 0.717) is 17.4 Å². The van der Waals surface area contributed by atoms with Crippen molar-refractivity contribution in [1.82, 2.24) is 0 Å². The Bertz CT molecular complexity index is 1590. The molecule has 70 heavy (non-hydrogen) atoms. The van der Waals surface area contributed by atoms with Crippen LogP contribution in [0.15, 0.2) is 122 Å². The number of phosphoric ester groups is 1. The predicted octanol–water partition coefficient (Wildman–Crippen LogP) is 16.8. The molecule has 0 amide bonds. The summed E-state index contributed by atoms with van der Waals surface area (Å²) in [6.07, 6.45) is 71.2. The van der Waals surface area contributed by atoms with Crippen LogP contribution in [0, 0.1) is 0 Å². The zero-order valence-electron chi connectivity index (χ0n) is 45.0. The molecule has 0 radical (unpaired) electrons. The van der Waals surface area contributed by atoms with Crippen molar-refractivity contribution in [3.05, 3.63) is 122 Å². The first-order valence-electron chi connectivity index (χ1n) is 27.3. The summed E-state index contributed by atoms with van der Waals surface area (Å²) in [5.74, 6) is -0.856. The normalized spacial score (nSPS) is 14.3. The second-order valence-corrected chi connectivity index (χ2v) is 20.3. The predicted molar refractivity (Wildman–Crippen MR) is 297 cm³/mol. The van der Waals surface area contributed by atoms with Crippen LogP contribution in [-0.4, -0.2) is 74.9 Å². The number of quaternary nitrogens is 1. The maximum atomic E-state index is 12.8. The molecule has 0 rings (SSSR count). The van der Waals surface area contributed by atoms with E-state index in [4.69, 9.17) is 18.5 Å². The molecule has 0 aromatic carbocycles. The van der Waals surface area contributed by atoms with Gasteiger partial charge in [0.2, 0.25) is 0 Å². The Labute approximate surface area is 428 Å². The number of rotatable bonds is 48. The lowest BCUT2D eigenvalue weighted by atomic mass is 10.1. The third kappa shape index (κ3) is 53.8. The van der Waals surface area contributed by atoms with Crippen molar-refractivity contribution in [3.63, 3.8) is 0 Å². The van der Waals surface area contributed by atoms with Gasteiger partial charge in [0, 0.05) is 12.8 Å². The molecule has 398 valence electrons. The number of nitrogens with zero attached hydrogens (tertiary/aromatic N) is 1. The monoisotopic (exact) mass is 995 g/mol. The molecule has 1 N–H and O–H groups in total. The highest BCUT2D eigenvalue weighted by molar-refractivity contribution is 7.47. The smallest absolute Gasteiger partial charge is 0.462 e. The van der Waals surface area contributed by atoms with Crippen LogP contribution in [0.1, 0.15) is 194 Å². The zero-order chi connectivity index (χ0) is 51.3. The lowest BCUT2D eigenvalue weighted by Gasteiger charge is -2.24. The van der Waals surface area contributed by atoms with Crippen LogP contribution in [0.25, 0.3) is 0 Å². The van der Waals surface area contributed by atoms with Crippen molar-refractivity contribution in [1.29, 1.82) is 0 Å². The molecule has 0 bridgehead atoms. The van der Waals surface area contributed by atoms with E-state index >= 15 is 0 Å². The van der Waals surface area contributed by atoms with E-state index in [9.17, 15) is 19.0 Å². The largest absolute Gasteiger partial charge is 0.472 e. The summed E-state index contributed by atoms with van der Waals surface area (Å²) in [5, 5.41) is 0. The van der Waals surface area contributed by atoms with Crippen LogP contribution < -0.4 is 0 Å². The summed E-state index contributed by atoms with van der Waals surface area (Å²) in [6.45, 7) is 4.24. The summed E-state index contributed by atoms with van der Waals surface area (Å²) in [4.78, 5) is 35.6. The van der Waals surface area contributed by atoms with Crippen LogP contribution in [0.5, 0.6) is 0 Å². The van der Waals surface area contributed by atoms with Crippen molar-refractivity contribution in [2.75, 3.05) is 47.5 Å². The molecule has 0 fully saturated rings. The highest BCUT2D eigenvalue weighted by atomic mass is 31.2. The van der Waals surface area contributed by atoms with Crippen molar-refractivity contribution in [3.8, 4) is 0 Å². The number of carbonyl (C=O) groups is 2. The van der Waals surface area contributed by atoms with Gasteiger partial charge in [0.05, 0.1) is 27.7 Å². The lowest BCUT2D eigenvalue weighted by Crippen LogP contribution is -2.37. The van der Waals surface area contributed by atoms with Gasteiger partial charge in [-0.25, -0.2) is 4.57 Å². The molecule has 0 aromatic rings. The Morgan fingerprint density at radius 3 is 1.24 bits per heavy atom. The molecule has 9 nitrogen and oxygen atoms in total. The molecule has 0 spiro atoms. The average molecular weight is 995 g/mol. The number of hydrogen-bond acceptors (Lipinski definition) is 7. The second-order valence-electron chi connectivity index (χ2n) is 18.9. The average Bonchev–Trinajstić information content (AvgIpc) is 3.32. The van der Waals surface area contributed by atoms with Gasteiger partial charge in [-0.1, -0.05) is 193 Å². The standard InChI is InChI=1S/C60H100NO8P/c1-6-8-10-12-14-16-18-20-22-23-24-25-26-27-28-29-30-31-32-33-34-35-36-37-39-41-43-45-47-49-51-53-60(63)69-58(57-68-70(64,65)67-55-54-61(3,4)5)56-66-59(62)52-50-48-46-44-42-40-38-21-19-17-15-13-11-9-7-2/h8,10,14,16,20-22,24-25,27-28,30-31,33-34,36-38,41,43,58H,6-7,9,11-13,15,17-19,23,26,29,32,35,39-40,42,44-57H2,1-5H3/p+1/b10-8-,16-14-,22-20-,25-24-,28-27-,31-30-,34-33-,37-36-,38-21-,43-41-. The highest BCUT2D eigenvalue weighted by Crippen LogP contribution is 2.43. The third-order valence-corrected chi connectivity index (χ3v) is 12.0. The lowest BCUT2D eigenvalue weighted by molar-refractivity contribution is -0.870. The van der Waals surface area contributed by atoms with Crippen molar-refractivity contribution in [2.45, 2.75) is 200 Å². The fourth-order valence-corrected chi connectivity index (χ4v) is 7.51. The molecule has 0 aliphatic rings. The molecule has 0 heterocycles. The first kappa shape index (κ1) is 66.4. The maximum Gasteiger partial charge on any atom is 0.472 e. The molecule has 0 saturated heterocycles. The minimum atomic E-state index is -4.40. The Morgan fingerprint density at radius 1 is 0.457 bits per heavy atom. The highest BCUT2D eigenvalue weighted by Gasteiger charge is 2.27. The van der Waals surface area contributed by atoms with Gasteiger partial charge in [0.15, 0.2) is 6.10 Å². The first-order chi connectivity index (χ1) is 34.0. The molecule has 0 saturated carbocycles. The van der Waals surface area contributed by atoms with E-state index < -0.39 is 32.5 Å². The van der Waals surface area contributed by atoms with Crippen LogP contribution in [0.2, 0.25) is 0 Å². The van der Waals surface area contributed by atoms with Gasteiger partial charge in [0.1, 0.15) is 19.8 Å². The third-order valence-electron chi connectivity index (χ3n) is 11.0. The molecule has 0 aliphatic carbocycles. The summed E-state index contributed by atoms with van der Waals surface area (Å²) < 4.78 is 34.4. The van der Waals surface area contributed by atoms with E-state index in [1.807, 2.05) is 21.1 Å². The fourth-order valence-electron chi connectivity index (χ4n) is 6.76. The van der Waals surface area contributed by atoms with E-state index in [0.717, 1.165) is 116 Å². The van der Waals surface area contributed by atoms with Crippen molar-refractivity contribution >= 4 is 19.8 Å². The van der Waals surface area contributed by atoms with E-state index in [1.165, 1.54) is 44.9 Å². The number of phosphoric acid groups is 1. The number of carbonyl (C=O) groups excluding carboxylic acids is 2. The van der Waals surface area contributed by atoms with Crippen molar-refractivity contribution in [2.24, 2.45) is 0 Å². The second kappa shape index (κ2) is 50.4. The molecule has 10 heteroatoms. The Balaban J connectivity index is 4.32. The summed E-state index contributed by atoms with van der Waals surface area (Å²) in [7, 11) is 1.43. The number of allylic oxidation sites excluding steroid dienone is 20. The molecule has 2 unspecified atom stereocenters. The van der Waals surface area contributed by atoms with Crippen LogP contribution >= 0.6 is 7.82 Å². The van der Waals surface area contributed by atoms with Crippen molar-refractivity contribution < 1.29 is 42.1 Å². The molecular formula is C60H101NO8P+. The Hall–Kier alpha value is -3.59. The summed E-state index contributed by atoms with van der Waals surface area (Å²) in [6, 6.07) is 0. The van der Waals surface area contributed by atoms with Crippen LogP contribution in [-0.2, 0) is 32.7 Å². The van der Waals surface area contributed by atoms with Crippen LogP contribution in [0.4, 0.5) is 0 Å². The van der Waals surface area contributed by atoms with Gasteiger partial charge in [-0.15, -0.1) is 0 Å². The van der Waals surface area contributed by atoms with Gasteiger partial charge in [-0.3, -0.25) is 18.6 Å². The van der Waals surface area contributed by atoms with Gasteiger partial charge < -0.3 is 18.9 Å². The molecular weight excluding hydrogens is 894 g/mol. The zero-order valence-corrected chi connectivity index (χ0v) is 45.8. The first-order valence-corrected chi connectivity index (χ1v) is 28.8. The van der Waals surface area contributed by atoms with Gasteiger partial charge in [0.25, 0.3) is 0 Å². The van der Waals surface area contributed by atoms with Gasteiger partial charge in [-0.05, 0) is 109 Å².